The zero-order valence-electron chi connectivity index (χ0n) is 11.0. The van der Waals surface area contributed by atoms with E-state index in [0.717, 1.165) is 5.69 Å². The fourth-order valence-corrected chi connectivity index (χ4v) is 2.12. The predicted octanol–water partition coefficient (Wildman–Crippen LogP) is 3.88. The molecule has 1 heterocycles. The monoisotopic (exact) mass is 301 g/mol. The summed E-state index contributed by atoms with van der Waals surface area (Å²) in [4.78, 5) is 12.1. The summed E-state index contributed by atoms with van der Waals surface area (Å²) < 4.78 is 10.5. The van der Waals surface area contributed by atoms with Gasteiger partial charge in [-0.2, -0.15) is 0 Å². The second-order valence-corrected chi connectivity index (χ2v) is 4.80. The van der Waals surface area contributed by atoms with Crippen LogP contribution in [0.4, 0.5) is 5.69 Å². The number of rotatable bonds is 4. The fourth-order valence-electron chi connectivity index (χ4n) is 1.93. The smallest absolute Gasteiger partial charge is 0.231 e. The molecule has 0 aliphatic carbocycles. The molecular weight excluding hydrogens is 290 g/mol. The molecule has 0 aromatic heterocycles. The highest BCUT2D eigenvalue weighted by Gasteiger charge is 2.14. The molecule has 5 heteroatoms. The molecule has 2 aromatic carbocycles. The highest BCUT2D eigenvalue weighted by Crippen LogP contribution is 2.32. The first-order valence-corrected chi connectivity index (χ1v) is 6.73. The quantitative estimate of drug-likeness (QED) is 0.688. The molecule has 0 spiro atoms. The lowest BCUT2D eigenvalue weighted by molar-refractivity contribution is 0.104. The number of nitrogens with one attached hydrogen (secondary N) is 1. The van der Waals surface area contributed by atoms with Crippen molar-refractivity contribution in [2.24, 2.45) is 0 Å². The Balaban J connectivity index is 1.69. The number of benzene rings is 2. The van der Waals surface area contributed by atoms with Crippen molar-refractivity contribution in [3.05, 3.63) is 65.3 Å². The van der Waals surface area contributed by atoms with E-state index in [9.17, 15) is 4.79 Å². The molecule has 1 aliphatic heterocycles. The average molecular weight is 302 g/mol. The minimum absolute atomic E-state index is 0.132. The molecule has 106 valence electrons. The van der Waals surface area contributed by atoms with Crippen LogP contribution in [0.5, 0.6) is 11.5 Å². The number of ketones is 1. The van der Waals surface area contributed by atoms with Crippen LogP contribution in [-0.4, -0.2) is 12.6 Å². The topological polar surface area (TPSA) is 47.6 Å². The van der Waals surface area contributed by atoms with Gasteiger partial charge in [-0.1, -0.05) is 23.7 Å². The minimum Gasteiger partial charge on any atom is -0.454 e. The molecule has 1 aliphatic rings. The normalized spacial score (nSPS) is 12.6. The van der Waals surface area contributed by atoms with Crippen LogP contribution >= 0.6 is 11.6 Å². The molecule has 0 saturated heterocycles. The summed E-state index contributed by atoms with van der Waals surface area (Å²) in [5.74, 6) is 1.12. The van der Waals surface area contributed by atoms with Gasteiger partial charge in [-0.25, -0.2) is 0 Å². The first kappa shape index (κ1) is 13.5. The Morgan fingerprint density at radius 3 is 2.81 bits per heavy atom. The van der Waals surface area contributed by atoms with Gasteiger partial charge in [-0.05, 0) is 30.3 Å². The summed E-state index contributed by atoms with van der Waals surface area (Å²) in [6.07, 6.45) is 3.01. The van der Waals surface area contributed by atoms with Crippen LogP contribution in [0.1, 0.15) is 10.4 Å². The molecular formula is C16H12ClNO3. The minimum atomic E-state index is -0.132. The maximum Gasteiger partial charge on any atom is 0.231 e. The van der Waals surface area contributed by atoms with Crippen LogP contribution in [0.25, 0.3) is 0 Å². The maximum atomic E-state index is 12.1. The molecule has 3 rings (SSSR count). The number of hydrogen-bond donors (Lipinski definition) is 1. The number of hydrogen-bond acceptors (Lipinski definition) is 4. The summed E-state index contributed by atoms with van der Waals surface area (Å²) in [5, 5.41) is 3.57. The summed E-state index contributed by atoms with van der Waals surface area (Å²) in [6.45, 7) is 0.191. The number of carbonyl (C=O) groups excluding carboxylic acids is 1. The van der Waals surface area contributed by atoms with E-state index in [1.165, 1.54) is 6.08 Å². The molecule has 0 amide bonds. The van der Waals surface area contributed by atoms with E-state index in [-0.39, 0.29) is 12.6 Å². The zero-order valence-corrected chi connectivity index (χ0v) is 11.8. The van der Waals surface area contributed by atoms with Crippen LogP contribution in [-0.2, 0) is 0 Å². The fraction of sp³-hybridized carbons (Fsp3) is 0.0625. The largest absolute Gasteiger partial charge is 0.454 e. The van der Waals surface area contributed by atoms with Crippen LogP contribution in [0.3, 0.4) is 0 Å². The number of halogens is 1. The van der Waals surface area contributed by atoms with Crippen LogP contribution in [0.15, 0.2) is 54.7 Å². The van der Waals surface area contributed by atoms with Gasteiger partial charge in [0.25, 0.3) is 0 Å². The number of para-hydroxylation sites is 1. The molecule has 2 aromatic rings. The second kappa shape index (κ2) is 5.89. The van der Waals surface area contributed by atoms with Crippen LogP contribution in [0, 0.1) is 0 Å². The number of fused-ring (bicyclic) bond motifs is 1. The van der Waals surface area contributed by atoms with E-state index < -0.39 is 0 Å². The van der Waals surface area contributed by atoms with Crippen molar-refractivity contribution in [3.8, 4) is 11.5 Å². The Bertz CT molecular complexity index is 712. The lowest BCUT2D eigenvalue weighted by atomic mass is 10.1. The van der Waals surface area contributed by atoms with Crippen molar-refractivity contribution in [1.82, 2.24) is 0 Å². The molecule has 1 N–H and O–H groups in total. The second-order valence-electron chi connectivity index (χ2n) is 4.39. The number of ether oxygens (including phenoxy) is 2. The SMILES string of the molecule is O=C(/C=C\Nc1ccccc1Cl)c1ccc2c(c1)OCO2. The van der Waals surface area contributed by atoms with Gasteiger partial charge in [-0.15, -0.1) is 0 Å². The predicted molar refractivity (Wildman–Crippen MR) is 81.1 cm³/mol. The summed E-state index contributed by atoms with van der Waals surface area (Å²) >= 11 is 6.01. The summed E-state index contributed by atoms with van der Waals surface area (Å²) in [5.41, 5.74) is 1.28. The van der Waals surface area contributed by atoms with Gasteiger partial charge in [0.1, 0.15) is 0 Å². The Morgan fingerprint density at radius 2 is 1.95 bits per heavy atom. The van der Waals surface area contributed by atoms with Gasteiger partial charge in [0.05, 0.1) is 10.7 Å². The van der Waals surface area contributed by atoms with Crippen molar-refractivity contribution in [1.29, 1.82) is 0 Å². The van der Waals surface area contributed by atoms with Gasteiger partial charge in [0, 0.05) is 17.8 Å². The third-order valence-electron chi connectivity index (χ3n) is 3.00. The Hall–Kier alpha value is -2.46. The molecule has 0 fully saturated rings. The number of anilines is 1. The number of carbonyl (C=O) groups is 1. The molecule has 0 atom stereocenters. The first-order valence-electron chi connectivity index (χ1n) is 6.35. The highest BCUT2D eigenvalue weighted by molar-refractivity contribution is 6.33. The number of allylic oxidation sites excluding steroid dienone is 1. The third kappa shape index (κ3) is 3.01. The first-order chi connectivity index (χ1) is 10.2. The Labute approximate surface area is 126 Å². The van der Waals surface area contributed by atoms with Crippen molar-refractivity contribution >= 4 is 23.1 Å². The summed E-state index contributed by atoms with van der Waals surface area (Å²) in [7, 11) is 0. The highest BCUT2D eigenvalue weighted by atomic mass is 35.5. The lowest BCUT2D eigenvalue weighted by Gasteiger charge is -2.02. The van der Waals surface area contributed by atoms with E-state index in [4.69, 9.17) is 21.1 Å². The average Bonchev–Trinajstić information content (AvgIpc) is 2.96. The Kier molecular flexibility index (Phi) is 3.79. The van der Waals surface area contributed by atoms with Crippen molar-refractivity contribution in [2.75, 3.05) is 12.1 Å². The van der Waals surface area contributed by atoms with Gasteiger partial charge in [0.15, 0.2) is 17.3 Å². The molecule has 0 radical (unpaired) electrons. The van der Waals surface area contributed by atoms with Crippen LogP contribution in [0.2, 0.25) is 5.02 Å². The lowest BCUT2D eigenvalue weighted by Crippen LogP contribution is -1.96. The molecule has 0 unspecified atom stereocenters. The van der Waals surface area contributed by atoms with Gasteiger partial charge in [-0.3, -0.25) is 4.79 Å². The maximum absolute atomic E-state index is 12.1. The zero-order chi connectivity index (χ0) is 14.7. The van der Waals surface area contributed by atoms with E-state index in [1.54, 1.807) is 30.5 Å². The van der Waals surface area contributed by atoms with Gasteiger partial charge in [0.2, 0.25) is 6.79 Å². The molecule has 0 saturated carbocycles. The van der Waals surface area contributed by atoms with Gasteiger partial charge < -0.3 is 14.8 Å². The Morgan fingerprint density at radius 1 is 1.14 bits per heavy atom. The van der Waals surface area contributed by atoms with Crippen molar-refractivity contribution in [2.45, 2.75) is 0 Å². The molecule has 4 nitrogen and oxygen atoms in total. The van der Waals surface area contributed by atoms with Crippen molar-refractivity contribution in [3.63, 3.8) is 0 Å². The molecule has 0 bridgehead atoms. The van der Waals surface area contributed by atoms with E-state index in [1.807, 2.05) is 18.2 Å². The van der Waals surface area contributed by atoms with Gasteiger partial charge >= 0.3 is 0 Å². The third-order valence-corrected chi connectivity index (χ3v) is 3.33. The van der Waals surface area contributed by atoms with E-state index in [2.05, 4.69) is 5.32 Å². The molecule has 21 heavy (non-hydrogen) atoms. The van der Waals surface area contributed by atoms with Crippen LogP contribution < -0.4 is 14.8 Å². The van der Waals surface area contributed by atoms with E-state index >= 15 is 0 Å². The summed E-state index contributed by atoms with van der Waals surface area (Å²) in [6, 6.07) is 12.4. The standard InChI is InChI=1S/C16H12ClNO3/c17-12-3-1-2-4-13(12)18-8-7-14(19)11-5-6-15-16(9-11)21-10-20-15/h1-9,18H,10H2/b8-7-. The van der Waals surface area contributed by atoms with Crippen molar-refractivity contribution < 1.29 is 14.3 Å². The van der Waals surface area contributed by atoms with E-state index in [0.29, 0.717) is 22.1 Å².